The minimum Gasteiger partial charge on any atom is -0.507 e. The summed E-state index contributed by atoms with van der Waals surface area (Å²) in [5, 5.41) is 11.3. The van der Waals surface area contributed by atoms with E-state index in [1.165, 1.54) is 4.90 Å². The van der Waals surface area contributed by atoms with Crippen molar-refractivity contribution in [1.29, 1.82) is 0 Å². The third-order valence-electron chi connectivity index (χ3n) is 5.68. The van der Waals surface area contributed by atoms with Crippen molar-refractivity contribution in [2.45, 2.75) is 32.4 Å². The molecule has 0 bridgehead atoms. The molecule has 34 heavy (non-hydrogen) atoms. The maximum absolute atomic E-state index is 13.2. The van der Waals surface area contributed by atoms with E-state index in [0.29, 0.717) is 17.9 Å². The van der Waals surface area contributed by atoms with Gasteiger partial charge in [-0.1, -0.05) is 53.5 Å². The van der Waals surface area contributed by atoms with Gasteiger partial charge in [0.25, 0.3) is 11.7 Å². The van der Waals surface area contributed by atoms with E-state index in [4.69, 9.17) is 4.74 Å². The first-order valence-corrected chi connectivity index (χ1v) is 11.9. The first-order valence-electron chi connectivity index (χ1n) is 11.2. The van der Waals surface area contributed by atoms with Gasteiger partial charge in [0, 0.05) is 29.0 Å². The number of halogens is 1. The summed E-state index contributed by atoms with van der Waals surface area (Å²) in [4.78, 5) is 31.9. The van der Waals surface area contributed by atoms with Crippen molar-refractivity contribution < 1.29 is 19.4 Å². The van der Waals surface area contributed by atoms with Crippen LogP contribution in [-0.2, 0) is 16.1 Å². The number of carbonyl (C=O) groups is 2. The van der Waals surface area contributed by atoms with E-state index >= 15 is 0 Å². The molecule has 0 aliphatic carbocycles. The van der Waals surface area contributed by atoms with E-state index in [9.17, 15) is 14.7 Å². The number of Topliss-reactive ketones (excluding diaryl/α,β-unsaturated/α-hetero) is 1. The van der Waals surface area contributed by atoms with Crippen molar-refractivity contribution in [3.05, 3.63) is 99.8 Å². The average Bonchev–Trinajstić information content (AvgIpc) is 3.09. The molecule has 174 valence electrons. The second-order valence-corrected chi connectivity index (χ2v) is 8.98. The van der Waals surface area contributed by atoms with Crippen molar-refractivity contribution >= 4 is 33.4 Å². The SMILES string of the molecule is CCCCOc1cccc(/C(O)=C2\C(=O)C(=O)N(Cc3ccncc3)C2c2cccc(Br)c2)c1. The second-order valence-electron chi connectivity index (χ2n) is 8.07. The molecule has 1 unspecified atom stereocenters. The lowest BCUT2D eigenvalue weighted by Gasteiger charge is -2.25. The molecule has 0 radical (unpaired) electrons. The molecule has 4 rings (SSSR count). The highest BCUT2D eigenvalue weighted by Gasteiger charge is 2.46. The number of likely N-dealkylation sites (tertiary alicyclic amines) is 1. The Labute approximate surface area is 207 Å². The van der Waals surface area contributed by atoms with Crippen LogP contribution in [-0.4, -0.2) is 33.3 Å². The minimum absolute atomic E-state index is 0.0582. The number of nitrogens with zero attached hydrogens (tertiary/aromatic N) is 2. The quantitative estimate of drug-likeness (QED) is 0.180. The van der Waals surface area contributed by atoms with Gasteiger partial charge in [0.1, 0.15) is 11.5 Å². The second kappa shape index (κ2) is 10.7. The monoisotopic (exact) mass is 520 g/mol. The molecule has 1 aliphatic rings. The average molecular weight is 521 g/mol. The number of rotatable bonds is 8. The maximum atomic E-state index is 13.2. The van der Waals surface area contributed by atoms with Gasteiger partial charge < -0.3 is 14.7 Å². The summed E-state index contributed by atoms with van der Waals surface area (Å²) >= 11 is 3.48. The molecule has 2 heterocycles. The van der Waals surface area contributed by atoms with Crippen molar-refractivity contribution in [2.24, 2.45) is 0 Å². The van der Waals surface area contributed by atoms with Crippen LogP contribution in [0.4, 0.5) is 0 Å². The molecule has 1 fully saturated rings. The zero-order chi connectivity index (χ0) is 24.1. The molecular formula is C27H25BrN2O4. The number of aliphatic hydroxyl groups is 1. The Bertz CT molecular complexity index is 1230. The van der Waals surface area contributed by atoms with Crippen molar-refractivity contribution in [1.82, 2.24) is 9.88 Å². The molecule has 1 aliphatic heterocycles. The molecular weight excluding hydrogens is 496 g/mol. The summed E-state index contributed by atoms with van der Waals surface area (Å²) in [6.07, 6.45) is 5.21. The van der Waals surface area contributed by atoms with Crippen LogP contribution in [0.25, 0.3) is 5.76 Å². The summed E-state index contributed by atoms with van der Waals surface area (Å²) in [5.74, 6) is -0.989. The molecule has 1 amide bonds. The highest BCUT2D eigenvalue weighted by Crippen LogP contribution is 2.41. The lowest BCUT2D eigenvalue weighted by molar-refractivity contribution is -0.140. The highest BCUT2D eigenvalue weighted by molar-refractivity contribution is 9.10. The number of carbonyl (C=O) groups excluding carboxylic acids is 2. The van der Waals surface area contributed by atoms with Crippen LogP contribution >= 0.6 is 15.9 Å². The molecule has 1 N–H and O–H groups in total. The van der Waals surface area contributed by atoms with Crippen LogP contribution in [0.2, 0.25) is 0 Å². The van der Waals surface area contributed by atoms with Crippen LogP contribution in [0.3, 0.4) is 0 Å². The molecule has 3 aromatic rings. The smallest absolute Gasteiger partial charge is 0.295 e. The lowest BCUT2D eigenvalue weighted by Crippen LogP contribution is -2.29. The molecule has 0 spiro atoms. The predicted molar refractivity (Wildman–Crippen MR) is 133 cm³/mol. The Morgan fingerprint density at radius 2 is 1.85 bits per heavy atom. The minimum atomic E-state index is -0.740. The van der Waals surface area contributed by atoms with Gasteiger partial charge in [-0.3, -0.25) is 14.6 Å². The zero-order valence-electron chi connectivity index (χ0n) is 18.8. The van der Waals surface area contributed by atoms with Gasteiger partial charge in [-0.25, -0.2) is 0 Å². The number of hydrogen-bond acceptors (Lipinski definition) is 5. The van der Waals surface area contributed by atoms with E-state index in [1.54, 1.807) is 48.8 Å². The predicted octanol–water partition coefficient (Wildman–Crippen LogP) is 5.64. The summed E-state index contributed by atoms with van der Waals surface area (Å²) in [5.41, 5.74) is 2.04. The third-order valence-corrected chi connectivity index (χ3v) is 6.17. The Hall–Kier alpha value is -3.45. The van der Waals surface area contributed by atoms with Gasteiger partial charge in [0.2, 0.25) is 0 Å². The largest absolute Gasteiger partial charge is 0.507 e. The van der Waals surface area contributed by atoms with Crippen LogP contribution in [0.5, 0.6) is 5.75 Å². The van der Waals surface area contributed by atoms with Gasteiger partial charge in [-0.2, -0.15) is 0 Å². The Kier molecular flexibility index (Phi) is 7.43. The van der Waals surface area contributed by atoms with Crippen LogP contribution in [0.1, 0.15) is 42.5 Å². The summed E-state index contributed by atoms with van der Waals surface area (Å²) < 4.78 is 6.58. The van der Waals surface area contributed by atoms with Gasteiger partial charge in [0.05, 0.1) is 18.2 Å². The molecule has 0 saturated carbocycles. The molecule has 1 saturated heterocycles. The number of hydrogen-bond donors (Lipinski definition) is 1. The Balaban J connectivity index is 1.79. The first kappa shape index (κ1) is 23.7. The summed E-state index contributed by atoms with van der Waals surface area (Å²) in [7, 11) is 0. The number of unbranched alkanes of at least 4 members (excludes halogenated alkanes) is 1. The van der Waals surface area contributed by atoms with Crippen LogP contribution in [0.15, 0.2) is 83.1 Å². The van der Waals surface area contributed by atoms with Gasteiger partial charge in [-0.15, -0.1) is 0 Å². The normalized spacial score (nSPS) is 17.2. The maximum Gasteiger partial charge on any atom is 0.295 e. The Morgan fingerprint density at radius 1 is 1.09 bits per heavy atom. The van der Waals surface area contributed by atoms with E-state index in [0.717, 1.165) is 28.4 Å². The molecule has 1 atom stereocenters. The Morgan fingerprint density at radius 3 is 2.59 bits per heavy atom. The number of ketones is 1. The third kappa shape index (κ3) is 5.04. The summed E-state index contributed by atoms with van der Waals surface area (Å²) in [6, 6.07) is 17.2. The molecule has 6 nitrogen and oxygen atoms in total. The number of amides is 1. The lowest BCUT2D eigenvalue weighted by atomic mass is 9.95. The van der Waals surface area contributed by atoms with Crippen molar-refractivity contribution in [3.63, 3.8) is 0 Å². The number of ether oxygens (including phenoxy) is 1. The van der Waals surface area contributed by atoms with Crippen molar-refractivity contribution in [3.8, 4) is 5.75 Å². The fourth-order valence-corrected chi connectivity index (χ4v) is 4.39. The van der Waals surface area contributed by atoms with Crippen LogP contribution in [0, 0.1) is 0 Å². The van der Waals surface area contributed by atoms with Crippen molar-refractivity contribution in [2.75, 3.05) is 6.61 Å². The fourth-order valence-electron chi connectivity index (χ4n) is 3.97. The first-order chi connectivity index (χ1) is 16.5. The molecule has 2 aromatic carbocycles. The zero-order valence-corrected chi connectivity index (χ0v) is 20.4. The number of aromatic nitrogens is 1. The molecule has 1 aromatic heterocycles. The molecule has 7 heteroatoms. The summed E-state index contributed by atoms with van der Waals surface area (Å²) in [6.45, 7) is 2.86. The fraction of sp³-hybridized carbons (Fsp3) is 0.222. The van der Waals surface area contributed by atoms with Gasteiger partial charge in [-0.05, 0) is 53.9 Å². The van der Waals surface area contributed by atoms with E-state index in [-0.39, 0.29) is 17.9 Å². The number of benzene rings is 2. The highest BCUT2D eigenvalue weighted by atomic mass is 79.9. The van der Waals surface area contributed by atoms with Gasteiger partial charge in [0.15, 0.2) is 0 Å². The number of aliphatic hydroxyl groups excluding tert-OH is 1. The van der Waals surface area contributed by atoms with Gasteiger partial charge >= 0.3 is 0 Å². The van der Waals surface area contributed by atoms with E-state index in [1.807, 2.05) is 24.3 Å². The van der Waals surface area contributed by atoms with E-state index < -0.39 is 17.7 Å². The topological polar surface area (TPSA) is 79.7 Å². The van der Waals surface area contributed by atoms with Crippen LogP contribution < -0.4 is 4.74 Å². The van der Waals surface area contributed by atoms with E-state index in [2.05, 4.69) is 27.8 Å². The number of pyridine rings is 1. The standard InChI is InChI=1S/C27H25BrN2O4/c1-2-3-14-34-22-9-5-7-20(16-22)25(31)23-24(19-6-4-8-21(28)15-19)30(27(33)26(23)32)17-18-10-12-29-13-11-18/h4-13,15-16,24,31H,2-3,14,17H2,1H3/b25-23+.